The third kappa shape index (κ3) is 3.98. The molecule has 11 heteroatoms. The zero-order chi connectivity index (χ0) is 22.3. The van der Waals surface area contributed by atoms with Crippen molar-refractivity contribution in [3.63, 3.8) is 0 Å². The van der Waals surface area contributed by atoms with Crippen LogP contribution >= 0.6 is 39.3 Å². The molecule has 2 aromatic rings. The zero-order valence-corrected chi connectivity index (χ0v) is 20.2. The minimum Gasteiger partial charge on any atom is -0.465 e. The van der Waals surface area contributed by atoms with Crippen LogP contribution in [-0.2, 0) is 0 Å². The quantitative estimate of drug-likeness (QED) is 0.241. The van der Waals surface area contributed by atoms with E-state index in [0.29, 0.717) is 33.9 Å². The third-order valence-corrected chi connectivity index (χ3v) is 7.39. The molecule has 1 amide bonds. The summed E-state index contributed by atoms with van der Waals surface area (Å²) in [5.41, 5.74) is 0.116. The first-order valence-corrected chi connectivity index (χ1v) is 12.3. The Labute approximate surface area is 197 Å². The van der Waals surface area contributed by atoms with Gasteiger partial charge < -0.3 is 10.0 Å². The van der Waals surface area contributed by atoms with Crippen LogP contribution in [0, 0.1) is 5.82 Å². The van der Waals surface area contributed by atoms with Gasteiger partial charge in [-0.1, -0.05) is 42.4 Å². The molecule has 31 heavy (non-hydrogen) atoms. The van der Waals surface area contributed by atoms with E-state index in [1.54, 1.807) is 4.90 Å². The monoisotopic (exact) mass is 529 g/mol. The lowest BCUT2D eigenvalue weighted by molar-refractivity contribution is 0.101. The lowest BCUT2D eigenvalue weighted by Crippen LogP contribution is -2.61. The number of rotatable bonds is 5. The Morgan fingerprint density at radius 3 is 2.84 bits per heavy atom. The van der Waals surface area contributed by atoms with Crippen molar-refractivity contribution in [1.82, 2.24) is 19.9 Å². The van der Waals surface area contributed by atoms with Gasteiger partial charge in [-0.3, -0.25) is 4.90 Å². The average Bonchev–Trinajstić information content (AvgIpc) is 3.06. The molecule has 2 saturated heterocycles. The van der Waals surface area contributed by atoms with Gasteiger partial charge in [-0.05, 0) is 47.9 Å². The maximum atomic E-state index is 14.9. The van der Waals surface area contributed by atoms with Gasteiger partial charge in [-0.2, -0.15) is 0 Å². The molecule has 2 bridgehead atoms. The second-order valence-corrected chi connectivity index (χ2v) is 9.85. The Bertz CT molecular complexity index is 1060. The number of thioether (sulfide) groups is 1. The summed E-state index contributed by atoms with van der Waals surface area (Å²) in [4.78, 5) is 28.9. The van der Waals surface area contributed by atoms with Crippen molar-refractivity contribution in [3.05, 3.63) is 27.7 Å². The molecule has 2 aliphatic heterocycles. The molecule has 0 aliphatic carbocycles. The van der Waals surface area contributed by atoms with Crippen LogP contribution in [0.25, 0.3) is 10.9 Å². The molecule has 1 N–H and O–H groups in total. The van der Waals surface area contributed by atoms with Crippen molar-refractivity contribution in [2.75, 3.05) is 17.2 Å². The van der Waals surface area contributed by atoms with Gasteiger partial charge in [-0.25, -0.2) is 24.1 Å². The van der Waals surface area contributed by atoms with E-state index in [1.165, 1.54) is 11.8 Å². The van der Waals surface area contributed by atoms with Crippen LogP contribution in [0.3, 0.4) is 0 Å². The van der Waals surface area contributed by atoms with Crippen LogP contribution in [0.2, 0.25) is 5.15 Å². The Morgan fingerprint density at radius 1 is 1.39 bits per heavy atom. The van der Waals surface area contributed by atoms with Gasteiger partial charge in [0.05, 0.1) is 23.5 Å². The second-order valence-electron chi connectivity index (χ2n) is 7.51. The summed E-state index contributed by atoms with van der Waals surface area (Å²) in [5.74, 6) is 0.609. The number of piperazine rings is 1. The van der Waals surface area contributed by atoms with Crippen molar-refractivity contribution in [2.24, 2.45) is 0 Å². The molecule has 4 rings (SSSR count). The standard InChI is InChI=1S/C20H22BrClFN5O2S/c1-3-5-6-11-12-8-7-10(28(12)20(29)30)9-27(11)18-13-15(24-19(26-18)31-4-2)14(23)17(22)25-16(13)21/h3,5,10-12H,4,6-9H2,1-2H3,(H,29,30)/b5-3-/t10-,11-,12+/m1/s1. The van der Waals surface area contributed by atoms with Crippen LogP contribution < -0.4 is 4.90 Å². The number of aromatic nitrogens is 3. The highest BCUT2D eigenvalue weighted by Gasteiger charge is 2.49. The molecular weight excluding hydrogens is 509 g/mol. The van der Waals surface area contributed by atoms with E-state index in [2.05, 4.69) is 30.8 Å². The first-order chi connectivity index (χ1) is 14.9. The highest BCUT2D eigenvalue weighted by atomic mass is 79.9. The largest absolute Gasteiger partial charge is 0.465 e. The smallest absolute Gasteiger partial charge is 0.407 e. The number of halogens is 3. The lowest BCUT2D eigenvalue weighted by atomic mass is 9.99. The summed E-state index contributed by atoms with van der Waals surface area (Å²) < 4.78 is 15.3. The van der Waals surface area contributed by atoms with E-state index >= 15 is 0 Å². The fourth-order valence-corrected chi connectivity index (χ4v) is 5.99. The fourth-order valence-electron chi connectivity index (χ4n) is 4.61. The predicted octanol–water partition coefficient (Wildman–Crippen LogP) is 5.36. The number of pyridine rings is 1. The molecule has 7 nitrogen and oxygen atoms in total. The molecule has 0 saturated carbocycles. The van der Waals surface area contributed by atoms with Crippen LogP contribution in [0.4, 0.5) is 15.0 Å². The van der Waals surface area contributed by atoms with Crippen molar-refractivity contribution in [1.29, 1.82) is 0 Å². The number of anilines is 1. The number of amides is 1. The average molecular weight is 531 g/mol. The first-order valence-electron chi connectivity index (χ1n) is 10.1. The van der Waals surface area contributed by atoms with Gasteiger partial charge in [0.25, 0.3) is 0 Å². The van der Waals surface area contributed by atoms with Crippen molar-refractivity contribution < 1.29 is 14.3 Å². The van der Waals surface area contributed by atoms with E-state index in [9.17, 15) is 14.3 Å². The molecule has 2 aliphatic rings. The van der Waals surface area contributed by atoms with Crippen LogP contribution in [0.15, 0.2) is 21.9 Å². The van der Waals surface area contributed by atoms with Crippen molar-refractivity contribution in [2.45, 2.75) is 56.4 Å². The Kier molecular flexibility index (Phi) is 6.60. The summed E-state index contributed by atoms with van der Waals surface area (Å²) >= 11 is 10.8. The summed E-state index contributed by atoms with van der Waals surface area (Å²) in [6.45, 7) is 4.39. The topological polar surface area (TPSA) is 82.5 Å². The number of hydrogen-bond acceptors (Lipinski definition) is 6. The summed E-state index contributed by atoms with van der Waals surface area (Å²) in [6.07, 6.45) is 5.33. The maximum Gasteiger partial charge on any atom is 0.407 e. The van der Waals surface area contributed by atoms with E-state index < -0.39 is 11.9 Å². The highest BCUT2D eigenvalue weighted by molar-refractivity contribution is 9.10. The molecule has 0 spiro atoms. The highest BCUT2D eigenvalue weighted by Crippen LogP contribution is 2.42. The molecule has 2 fully saturated rings. The summed E-state index contributed by atoms with van der Waals surface area (Å²) in [7, 11) is 0. The number of nitrogens with zero attached hydrogens (tertiary/aromatic N) is 5. The number of carbonyl (C=O) groups is 1. The van der Waals surface area contributed by atoms with Crippen LogP contribution in [-0.4, -0.2) is 61.5 Å². The van der Waals surface area contributed by atoms with E-state index in [4.69, 9.17) is 16.6 Å². The van der Waals surface area contributed by atoms with E-state index in [-0.39, 0.29) is 28.8 Å². The van der Waals surface area contributed by atoms with E-state index in [1.807, 2.05) is 26.0 Å². The third-order valence-electron chi connectivity index (χ3n) is 5.84. The number of allylic oxidation sites excluding steroid dienone is 1. The number of carboxylic acid groups (broad SMARTS) is 1. The summed E-state index contributed by atoms with van der Waals surface area (Å²) in [5, 5.41) is 10.5. The number of hydrogen-bond donors (Lipinski definition) is 1. The van der Waals surface area contributed by atoms with E-state index in [0.717, 1.165) is 18.6 Å². The van der Waals surface area contributed by atoms with Gasteiger partial charge in [0, 0.05) is 6.54 Å². The van der Waals surface area contributed by atoms with Gasteiger partial charge in [-0.15, -0.1) is 0 Å². The normalized spacial score (nSPS) is 23.3. The Hall–Kier alpha value is -1.65. The minimum atomic E-state index is -0.895. The molecule has 4 heterocycles. The zero-order valence-electron chi connectivity index (χ0n) is 17.1. The first kappa shape index (κ1) is 22.5. The molecule has 0 radical (unpaired) electrons. The molecule has 0 unspecified atom stereocenters. The molecule has 2 aromatic heterocycles. The summed E-state index contributed by atoms with van der Waals surface area (Å²) in [6, 6.07) is -0.432. The Morgan fingerprint density at radius 2 is 2.16 bits per heavy atom. The minimum absolute atomic E-state index is 0.116. The van der Waals surface area contributed by atoms with Crippen LogP contribution in [0.5, 0.6) is 0 Å². The van der Waals surface area contributed by atoms with Gasteiger partial charge in [0.15, 0.2) is 16.1 Å². The molecule has 166 valence electrons. The Balaban J connectivity index is 1.91. The second kappa shape index (κ2) is 9.07. The van der Waals surface area contributed by atoms with Gasteiger partial charge in [0.2, 0.25) is 0 Å². The maximum absolute atomic E-state index is 14.9. The van der Waals surface area contributed by atoms with Crippen molar-refractivity contribution in [3.8, 4) is 0 Å². The molecular formula is C20H22BrClFN5O2S. The van der Waals surface area contributed by atoms with Gasteiger partial charge >= 0.3 is 6.09 Å². The van der Waals surface area contributed by atoms with Crippen LogP contribution in [0.1, 0.15) is 33.1 Å². The van der Waals surface area contributed by atoms with Crippen molar-refractivity contribution >= 4 is 62.1 Å². The number of fused-ring (bicyclic) bond motifs is 3. The predicted molar refractivity (Wildman–Crippen MR) is 124 cm³/mol. The molecule has 0 aromatic carbocycles. The SMILES string of the molecule is C/C=C\C[C@@H]1[C@@H]2CC[C@H](CN1c1nc(SCC)nc3c(F)c(Cl)nc(Br)c13)N2C(=O)O. The fraction of sp³-hybridized carbons (Fsp3) is 0.500. The molecule has 3 atom stereocenters. The lowest BCUT2D eigenvalue weighted by Gasteiger charge is -2.46. The van der Waals surface area contributed by atoms with Gasteiger partial charge in [0.1, 0.15) is 15.9 Å².